The Morgan fingerprint density at radius 1 is 1.00 bits per heavy atom. The molecule has 0 aromatic heterocycles. The number of piperidine rings is 1. The van der Waals surface area contributed by atoms with Gasteiger partial charge in [0.15, 0.2) is 0 Å². The Hall–Kier alpha value is -2.79. The van der Waals surface area contributed by atoms with E-state index in [0.29, 0.717) is 12.1 Å². The largest absolute Gasteiger partial charge is 0.404 e. The molecule has 1 aromatic carbocycles. The standard InChI is InChI=1S/C20H21F3N4O4/c21-20(22,23)15-5-6-24-7-8-26(15)10-11-1-2-12-13(9-11)19(31)27(18(12)30)14-3-4-16(28)25-17(14)29/h1-2,9,14-15,24H,3-8,10H2,(H,25,28,29). The Labute approximate surface area is 175 Å². The number of hydrogen-bond donors (Lipinski definition) is 2. The summed E-state index contributed by atoms with van der Waals surface area (Å²) < 4.78 is 40.5. The molecule has 3 heterocycles. The number of hydrogen-bond acceptors (Lipinski definition) is 6. The number of fused-ring (bicyclic) bond motifs is 1. The molecule has 4 amide bonds. The summed E-state index contributed by atoms with van der Waals surface area (Å²) in [7, 11) is 0. The number of carbonyl (C=O) groups is 4. The number of amides is 4. The molecule has 0 radical (unpaired) electrons. The molecule has 1 aromatic rings. The topological polar surface area (TPSA) is 98.8 Å². The van der Waals surface area contributed by atoms with E-state index in [1.54, 1.807) is 0 Å². The highest BCUT2D eigenvalue weighted by Crippen LogP contribution is 2.31. The second-order valence-electron chi connectivity index (χ2n) is 7.89. The van der Waals surface area contributed by atoms with E-state index in [0.717, 1.165) is 4.90 Å². The fourth-order valence-electron chi connectivity index (χ4n) is 4.34. The Kier molecular flexibility index (Phi) is 5.56. The lowest BCUT2D eigenvalue weighted by Crippen LogP contribution is -2.54. The van der Waals surface area contributed by atoms with Crippen molar-refractivity contribution in [2.75, 3.05) is 19.6 Å². The van der Waals surface area contributed by atoms with Crippen LogP contribution in [0.2, 0.25) is 0 Å². The van der Waals surface area contributed by atoms with Gasteiger partial charge in [0.1, 0.15) is 12.1 Å². The number of nitrogens with zero attached hydrogens (tertiary/aromatic N) is 2. The lowest BCUT2D eigenvalue weighted by molar-refractivity contribution is -0.184. The molecule has 0 spiro atoms. The van der Waals surface area contributed by atoms with E-state index >= 15 is 0 Å². The predicted molar refractivity (Wildman–Crippen MR) is 101 cm³/mol. The Bertz CT molecular complexity index is 949. The summed E-state index contributed by atoms with van der Waals surface area (Å²) in [5, 5.41) is 5.08. The smallest absolute Gasteiger partial charge is 0.315 e. The van der Waals surface area contributed by atoms with Crippen molar-refractivity contribution in [3.63, 3.8) is 0 Å². The highest BCUT2D eigenvalue weighted by Gasteiger charge is 2.46. The molecular formula is C20H21F3N4O4. The van der Waals surface area contributed by atoms with Crippen molar-refractivity contribution in [3.05, 3.63) is 34.9 Å². The van der Waals surface area contributed by atoms with Gasteiger partial charge in [0.2, 0.25) is 11.8 Å². The van der Waals surface area contributed by atoms with Gasteiger partial charge < -0.3 is 5.32 Å². The normalized spacial score (nSPS) is 25.5. The van der Waals surface area contributed by atoms with Crippen molar-refractivity contribution >= 4 is 23.6 Å². The summed E-state index contributed by atoms with van der Waals surface area (Å²) in [6, 6.07) is 1.68. The van der Waals surface area contributed by atoms with E-state index in [2.05, 4.69) is 10.6 Å². The van der Waals surface area contributed by atoms with Crippen molar-refractivity contribution in [1.82, 2.24) is 20.4 Å². The van der Waals surface area contributed by atoms with Crippen molar-refractivity contribution in [3.8, 4) is 0 Å². The maximum absolute atomic E-state index is 13.5. The van der Waals surface area contributed by atoms with Gasteiger partial charge in [-0.1, -0.05) is 6.07 Å². The third-order valence-corrected chi connectivity index (χ3v) is 5.88. The maximum Gasteiger partial charge on any atom is 0.404 e. The van der Waals surface area contributed by atoms with E-state index in [9.17, 15) is 32.3 Å². The molecule has 0 aliphatic carbocycles. The lowest BCUT2D eigenvalue weighted by atomic mass is 10.0. The summed E-state index contributed by atoms with van der Waals surface area (Å²) in [5.41, 5.74) is 0.633. The van der Waals surface area contributed by atoms with Crippen LogP contribution in [0, 0.1) is 0 Å². The first-order chi connectivity index (χ1) is 14.7. The second kappa shape index (κ2) is 8.04. The average molecular weight is 438 g/mol. The van der Waals surface area contributed by atoms with Gasteiger partial charge in [-0.25, -0.2) is 0 Å². The molecule has 31 heavy (non-hydrogen) atoms. The minimum atomic E-state index is -4.38. The van der Waals surface area contributed by atoms with Gasteiger partial charge in [-0.05, 0) is 37.1 Å². The molecule has 2 fully saturated rings. The van der Waals surface area contributed by atoms with E-state index in [1.165, 1.54) is 23.1 Å². The molecule has 2 unspecified atom stereocenters. The third-order valence-electron chi connectivity index (χ3n) is 5.88. The molecule has 3 aliphatic rings. The SMILES string of the molecule is O=C1CCC(N2C(=O)c3ccc(CN4CCNCCC4C(F)(F)F)cc3C2=O)C(=O)N1. The minimum Gasteiger partial charge on any atom is -0.315 e. The van der Waals surface area contributed by atoms with E-state index in [-0.39, 0.29) is 50.0 Å². The van der Waals surface area contributed by atoms with Crippen molar-refractivity contribution in [2.45, 2.75) is 44.1 Å². The van der Waals surface area contributed by atoms with Crippen LogP contribution in [0.4, 0.5) is 13.2 Å². The van der Waals surface area contributed by atoms with Gasteiger partial charge in [0.05, 0.1) is 11.1 Å². The van der Waals surface area contributed by atoms with Crippen LogP contribution in [0.3, 0.4) is 0 Å². The molecule has 3 aliphatic heterocycles. The van der Waals surface area contributed by atoms with E-state index in [4.69, 9.17) is 0 Å². The van der Waals surface area contributed by atoms with Crippen molar-refractivity contribution in [2.24, 2.45) is 0 Å². The number of alkyl halides is 3. The molecule has 8 nitrogen and oxygen atoms in total. The molecule has 2 N–H and O–H groups in total. The zero-order valence-electron chi connectivity index (χ0n) is 16.5. The number of halogens is 3. The molecule has 2 atom stereocenters. The van der Waals surface area contributed by atoms with Crippen LogP contribution >= 0.6 is 0 Å². The zero-order valence-corrected chi connectivity index (χ0v) is 16.5. The second-order valence-corrected chi connectivity index (χ2v) is 7.89. The molecule has 0 bridgehead atoms. The summed E-state index contributed by atoms with van der Waals surface area (Å²) in [6.45, 7) is 0.840. The number of carbonyl (C=O) groups excluding carboxylic acids is 4. The molecule has 2 saturated heterocycles. The quantitative estimate of drug-likeness (QED) is 0.678. The fourth-order valence-corrected chi connectivity index (χ4v) is 4.34. The van der Waals surface area contributed by atoms with Crippen molar-refractivity contribution in [1.29, 1.82) is 0 Å². The summed E-state index contributed by atoms with van der Waals surface area (Å²) in [6.07, 6.45) is -4.40. The van der Waals surface area contributed by atoms with E-state index in [1.807, 2.05) is 0 Å². The Balaban J connectivity index is 1.57. The molecular weight excluding hydrogens is 417 g/mol. The first kappa shape index (κ1) is 21.4. The predicted octanol–water partition coefficient (Wildman–Crippen LogP) is 0.814. The van der Waals surface area contributed by atoms with Gasteiger partial charge in [-0.15, -0.1) is 0 Å². The summed E-state index contributed by atoms with van der Waals surface area (Å²) in [5.74, 6) is -2.50. The first-order valence-electron chi connectivity index (χ1n) is 10.0. The Morgan fingerprint density at radius 3 is 2.45 bits per heavy atom. The monoisotopic (exact) mass is 438 g/mol. The number of nitrogens with one attached hydrogen (secondary N) is 2. The van der Waals surface area contributed by atoms with Crippen LogP contribution in [-0.4, -0.2) is 71.3 Å². The number of benzene rings is 1. The maximum atomic E-state index is 13.5. The van der Waals surface area contributed by atoms with Crippen LogP contribution in [0.5, 0.6) is 0 Å². The number of rotatable bonds is 3. The molecule has 166 valence electrons. The van der Waals surface area contributed by atoms with Crippen LogP contribution < -0.4 is 10.6 Å². The van der Waals surface area contributed by atoms with Crippen LogP contribution in [0.15, 0.2) is 18.2 Å². The lowest BCUT2D eigenvalue weighted by Gasteiger charge is -2.31. The van der Waals surface area contributed by atoms with Gasteiger partial charge in [0.25, 0.3) is 11.8 Å². The average Bonchev–Trinajstić information content (AvgIpc) is 2.86. The molecule has 0 saturated carbocycles. The van der Waals surface area contributed by atoms with Gasteiger partial charge in [0, 0.05) is 26.1 Å². The highest BCUT2D eigenvalue weighted by molar-refractivity contribution is 6.23. The Morgan fingerprint density at radius 2 is 1.74 bits per heavy atom. The van der Waals surface area contributed by atoms with Gasteiger partial charge in [-0.2, -0.15) is 13.2 Å². The fraction of sp³-hybridized carbons (Fsp3) is 0.500. The zero-order chi connectivity index (χ0) is 22.3. The van der Waals surface area contributed by atoms with Crippen LogP contribution in [-0.2, 0) is 16.1 Å². The van der Waals surface area contributed by atoms with Crippen molar-refractivity contribution < 1.29 is 32.3 Å². The van der Waals surface area contributed by atoms with Crippen LogP contribution in [0.1, 0.15) is 45.5 Å². The summed E-state index contributed by atoms with van der Waals surface area (Å²) >= 11 is 0. The molecule has 4 rings (SSSR count). The number of imide groups is 2. The van der Waals surface area contributed by atoms with E-state index < -0.39 is 41.9 Å². The summed E-state index contributed by atoms with van der Waals surface area (Å²) in [4.78, 5) is 51.3. The van der Waals surface area contributed by atoms with Gasteiger partial charge >= 0.3 is 6.18 Å². The highest BCUT2D eigenvalue weighted by atomic mass is 19.4. The molecule has 11 heteroatoms. The third kappa shape index (κ3) is 4.07. The van der Waals surface area contributed by atoms with Crippen LogP contribution in [0.25, 0.3) is 0 Å². The minimum absolute atomic E-state index is 0.0108. The van der Waals surface area contributed by atoms with Gasteiger partial charge in [-0.3, -0.25) is 34.3 Å². The first-order valence-corrected chi connectivity index (χ1v) is 10.0.